The summed E-state index contributed by atoms with van der Waals surface area (Å²) in [6.45, 7) is -0.234. The maximum Gasteiger partial charge on any atom is 0.252 e. The molecule has 2 nitrogen and oxygen atoms in total. The van der Waals surface area contributed by atoms with Gasteiger partial charge in [-0.25, -0.2) is 0 Å². The van der Waals surface area contributed by atoms with E-state index in [1.54, 1.807) is 0 Å². The molecule has 0 aliphatic carbocycles. The lowest BCUT2D eigenvalue weighted by Crippen LogP contribution is -2.61. The van der Waals surface area contributed by atoms with E-state index < -0.39 is 0 Å². The van der Waals surface area contributed by atoms with Crippen LogP contribution >= 0.6 is 0 Å². The van der Waals surface area contributed by atoms with Crippen molar-refractivity contribution in [1.29, 1.82) is 0 Å². The van der Waals surface area contributed by atoms with Crippen molar-refractivity contribution in [3.8, 4) is 89.0 Å². The van der Waals surface area contributed by atoms with Crippen molar-refractivity contribution >= 4 is 143 Å². The molecule has 0 saturated carbocycles. The van der Waals surface area contributed by atoms with Crippen LogP contribution in [0.1, 0.15) is 0 Å². The predicted octanol–water partition coefficient (Wildman–Crippen LogP) is 28.3. The SMILES string of the molecule is c1cc2c3c(c1)N(c1ccc(-c4ccc5ccccc5c4-c4cccc5ccccc45)cc1)c1ccc(-c4ccc5ccccc5c4-c4cccc5ccccc45)cc1B3c1cc(-c3ccc4ccccc4c3-c3cccc4ccccc34)ccc1N2c1ccc(-c2ccc3ccccc3c2-c2cccc3ccccc23)cc1. The van der Waals surface area contributed by atoms with Crippen LogP contribution in [0.3, 0.4) is 0 Å². The molecule has 0 amide bonds. The lowest BCUT2D eigenvalue weighted by atomic mass is 9.33. The van der Waals surface area contributed by atoms with Crippen LogP contribution in [-0.2, 0) is 0 Å². The van der Waals surface area contributed by atoms with Gasteiger partial charge in [-0.15, -0.1) is 0 Å². The number of rotatable bonds is 10. The molecule has 0 radical (unpaired) electrons. The number of anilines is 6. The third-order valence-electron chi connectivity index (χ3n) is 24.4. The molecule has 21 aromatic rings. The summed E-state index contributed by atoms with van der Waals surface area (Å²) in [4.78, 5) is 5.14. The minimum absolute atomic E-state index is 0.234. The minimum Gasteiger partial charge on any atom is -0.311 e. The summed E-state index contributed by atoms with van der Waals surface area (Å²) >= 11 is 0. The van der Waals surface area contributed by atoms with Crippen molar-refractivity contribution in [2.75, 3.05) is 9.80 Å². The van der Waals surface area contributed by atoms with E-state index in [0.29, 0.717) is 0 Å². The summed E-state index contributed by atoms with van der Waals surface area (Å²) in [5, 5.41) is 19.6. The first kappa shape index (κ1) is 64.4. The van der Waals surface area contributed by atoms with Gasteiger partial charge in [0.2, 0.25) is 0 Å². The minimum atomic E-state index is -0.234. The quantitative estimate of drug-likeness (QED) is 0.126. The summed E-state index contributed by atoms with van der Waals surface area (Å²) < 4.78 is 0. The predicted molar refractivity (Wildman–Crippen MR) is 484 cm³/mol. The van der Waals surface area contributed by atoms with Crippen LogP contribution < -0.4 is 26.2 Å². The summed E-state index contributed by atoms with van der Waals surface area (Å²) in [5.74, 6) is 0. The Morgan fingerprint density at radius 2 is 0.398 bits per heavy atom. The van der Waals surface area contributed by atoms with Gasteiger partial charge in [0.15, 0.2) is 0 Å². The van der Waals surface area contributed by atoms with Crippen LogP contribution in [0.15, 0.2) is 419 Å². The lowest BCUT2D eigenvalue weighted by Gasteiger charge is -2.44. The first-order valence-electron chi connectivity index (χ1n) is 39.3. The highest BCUT2D eigenvalue weighted by molar-refractivity contribution is 7.00. The van der Waals surface area contributed by atoms with Crippen molar-refractivity contribution in [3.63, 3.8) is 0 Å². The first-order valence-corrected chi connectivity index (χ1v) is 39.3. The summed E-state index contributed by atoms with van der Waals surface area (Å²) in [5.41, 5.74) is 29.6. The molecule has 2 heterocycles. The van der Waals surface area contributed by atoms with E-state index in [4.69, 9.17) is 0 Å². The molecule has 0 saturated heterocycles. The first-order chi connectivity index (χ1) is 56.1. The Morgan fingerprint density at radius 1 is 0.159 bits per heavy atom. The zero-order valence-corrected chi connectivity index (χ0v) is 61.8. The molecule has 21 aromatic carbocycles. The summed E-state index contributed by atoms with van der Waals surface area (Å²) in [6, 6.07) is 158. The number of benzene rings is 21. The molecular formula is C110H69BN2. The van der Waals surface area contributed by atoms with Gasteiger partial charge in [0.1, 0.15) is 0 Å². The van der Waals surface area contributed by atoms with E-state index in [1.807, 2.05) is 0 Å². The fourth-order valence-electron chi connectivity index (χ4n) is 19.4. The second-order valence-corrected chi connectivity index (χ2v) is 30.4. The Hall–Kier alpha value is -14.6. The molecule has 2 aliphatic heterocycles. The zero-order valence-electron chi connectivity index (χ0n) is 61.8. The smallest absolute Gasteiger partial charge is 0.252 e. The van der Waals surface area contributed by atoms with E-state index >= 15 is 0 Å². The fourth-order valence-corrected chi connectivity index (χ4v) is 19.4. The highest BCUT2D eigenvalue weighted by Crippen LogP contribution is 2.51. The van der Waals surface area contributed by atoms with Crippen molar-refractivity contribution in [1.82, 2.24) is 0 Å². The molecule has 3 heteroatoms. The van der Waals surface area contributed by atoms with Gasteiger partial charge in [0.25, 0.3) is 6.71 Å². The molecule has 0 fully saturated rings. The Labute approximate surface area is 656 Å². The standard InChI is InChI=1S/C110H69BN2/c1-9-34-84-70(22-1)30-17-42-96(84)106-88-38-13-5-26-74(88)52-62-92(106)78-48-58-82(59-49-78)112-102-66-56-80(94-64-54-76-28-7-15-40-90(76)108(94)98-44-19-32-72-24-3-11-36-86(72)98)68-100(102)111-101-69-81(95-65-55-77-29-8-16-41-91(77)109(95)99-45-20-33-73-25-4-12-37-87(73)99)57-67-103(101)113(105-47-21-46-104(112)110(105)111)83-60-50-79(51-61-83)93-63-53-75-27-6-14-39-89(75)107(93)97-43-18-31-71-23-2-10-35-85(71)97/h1-69H. The van der Waals surface area contributed by atoms with Crippen molar-refractivity contribution in [2.45, 2.75) is 0 Å². The lowest BCUT2D eigenvalue weighted by molar-refractivity contribution is 1.25. The topological polar surface area (TPSA) is 6.48 Å². The van der Waals surface area contributed by atoms with Gasteiger partial charge in [-0.1, -0.05) is 370 Å². The van der Waals surface area contributed by atoms with Gasteiger partial charge in [-0.05, 0) is 240 Å². The van der Waals surface area contributed by atoms with E-state index in [9.17, 15) is 0 Å². The molecule has 113 heavy (non-hydrogen) atoms. The molecule has 0 bridgehead atoms. The van der Waals surface area contributed by atoms with Crippen LogP contribution in [0, 0.1) is 0 Å². The van der Waals surface area contributed by atoms with Crippen LogP contribution in [-0.4, -0.2) is 6.71 Å². The molecular weight excluding hydrogens is 1360 g/mol. The Balaban J connectivity index is 0.772. The highest BCUT2D eigenvalue weighted by Gasteiger charge is 2.44. The molecule has 0 aromatic heterocycles. The Bertz CT molecular complexity index is 7060. The number of fused-ring (bicyclic) bond motifs is 12. The van der Waals surface area contributed by atoms with Crippen LogP contribution in [0.4, 0.5) is 34.1 Å². The number of hydrogen-bond donors (Lipinski definition) is 0. The molecule has 2 aliphatic rings. The fraction of sp³-hybridized carbons (Fsp3) is 0. The van der Waals surface area contributed by atoms with Gasteiger partial charge < -0.3 is 9.80 Å². The van der Waals surface area contributed by atoms with Crippen molar-refractivity contribution in [2.24, 2.45) is 0 Å². The van der Waals surface area contributed by atoms with Crippen LogP contribution in [0.2, 0.25) is 0 Å². The van der Waals surface area contributed by atoms with Gasteiger partial charge in [-0.2, -0.15) is 0 Å². The highest BCUT2D eigenvalue weighted by atomic mass is 15.2. The molecule has 0 N–H and O–H groups in total. The van der Waals surface area contributed by atoms with E-state index in [-0.39, 0.29) is 6.71 Å². The van der Waals surface area contributed by atoms with Gasteiger partial charge in [-0.3, -0.25) is 0 Å². The Morgan fingerprint density at radius 3 is 0.699 bits per heavy atom. The second kappa shape index (κ2) is 26.0. The maximum atomic E-state index is 2.57. The van der Waals surface area contributed by atoms with Crippen LogP contribution in [0.25, 0.3) is 175 Å². The molecule has 0 spiro atoms. The molecule has 522 valence electrons. The van der Waals surface area contributed by atoms with Gasteiger partial charge in [0.05, 0.1) is 0 Å². The number of nitrogens with zero attached hydrogens (tertiary/aromatic N) is 2. The monoisotopic (exact) mass is 1430 g/mol. The average molecular weight is 1430 g/mol. The average Bonchev–Trinajstić information content (AvgIpc) is 0.695. The van der Waals surface area contributed by atoms with Gasteiger partial charge in [0, 0.05) is 34.1 Å². The third kappa shape index (κ3) is 10.3. The van der Waals surface area contributed by atoms with Crippen molar-refractivity contribution in [3.05, 3.63) is 419 Å². The molecule has 0 atom stereocenters. The third-order valence-corrected chi connectivity index (χ3v) is 24.4. The molecule has 0 unspecified atom stereocenters. The van der Waals surface area contributed by atoms with Crippen molar-refractivity contribution < 1.29 is 0 Å². The number of hydrogen-bond acceptors (Lipinski definition) is 2. The van der Waals surface area contributed by atoms with Gasteiger partial charge >= 0.3 is 0 Å². The zero-order chi connectivity index (χ0) is 74.2. The Kier molecular flexibility index (Phi) is 14.8. The second-order valence-electron chi connectivity index (χ2n) is 30.4. The summed E-state index contributed by atoms with van der Waals surface area (Å²) in [7, 11) is 0. The molecule has 23 rings (SSSR count). The van der Waals surface area contributed by atoms with E-state index in [0.717, 1.165) is 56.4 Å². The van der Waals surface area contributed by atoms with E-state index in [1.165, 1.54) is 169 Å². The maximum absolute atomic E-state index is 2.57. The summed E-state index contributed by atoms with van der Waals surface area (Å²) in [6.07, 6.45) is 0. The van der Waals surface area contributed by atoms with Crippen LogP contribution in [0.5, 0.6) is 0 Å². The normalized spacial score (nSPS) is 12.4. The van der Waals surface area contributed by atoms with E-state index in [2.05, 4.69) is 428 Å². The largest absolute Gasteiger partial charge is 0.311 e.